The second-order valence-corrected chi connectivity index (χ2v) is 7.76. The molecule has 0 unspecified atom stereocenters. The van der Waals surface area contributed by atoms with Gasteiger partial charge in [0.2, 0.25) is 12.0 Å². The van der Waals surface area contributed by atoms with Gasteiger partial charge in [0, 0.05) is 24.1 Å². The fraction of sp³-hybridized carbons (Fsp3) is 0.250. The van der Waals surface area contributed by atoms with Gasteiger partial charge in [0.1, 0.15) is 5.75 Å². The minimum atomic E-state index is -4.09. The number of carbonyl (C=O) groups excluding carboxylic acids is 3. The lowest BCUT2D eigenvalue weighted by molar-refractivity contribution is -0.121. The molecule has 2 aromatic rings. The topological polar surface area (TPSA) is 139 Å². The summed E-state index contributed by atoms with van der Waals surface area (Å²) in [5, 5.41) is 2.39. The Morgan fingerprint density at radius 2 is 1.63 bits per heavy atom. The van der Waals surface area contributed by atoms with Gasteiger partial charge in [0.25, 0.3) is 10.1 Å². The van der Waals surface area contributed by atoms with Crippen molar-refractivity contribution in [2.75, 3.05) is 18.9 Å². The molecule has 0 aliphatic carbocycles. The van der Waals surface area contributed by atoms with Crippen LogP contribution < -0.4 is 10.1 Å². The van der Waals surface area contributed by atoms with Gasteiger partial charge in [0.05, 0.1) is 18.0 Å². The van der Waals surface area contributed by atoms with Gasteiger partial charge in [-0.1, -0.05) is 0 Å². The third-order valence-electron chi connectivity index (χ3n) is 3.92. The molecule has 0 saturated heterocycles. The average Bonchev–Trinajstić information content (AvgIpc) is 2.71. The van der Waals surface area contributed by atoms with E-state index in [-0.39, 0.29) is 31.3 Å². The van der Waals surface area contributed by atoms with Crippen molar-refractivity contribution in [1.29, 1.82) is 0 Å². The lowest BCUT2D eigenvalue weighted by atomic mass is 10.0. The molecule has 0 atom stereocenters. The molecule has 30 heavy (non-hydrogen) atoms. The van der Waals surface area contributed by atoms with Crippen molar-refractivity contribution in [1.82, 2.24) is 5.32 Å². The Hall–Kier alpha value is -3.33. The first-order valence-electron chi connectivity index (χ1n) is 8.96. The third-order valence-corrected chi connectivity index (χ3v) is 4.64. The molecule has 0 bridgehead atoms. The lowest BCUT2D eigenvalue weighted by Crippen LogP contribution is -2.28. The Morgan fingerprint density at radius 1 is 1.03 bits per heavy atom. The van der Waals surface area contributed by atoms with Crippen molar-refractivity contribution in [2.24, 2.45) is 4.99 Å². The smallest absolute Gasteiger partial charge is 0.266 e. The fourth-order valence-electron chi connectivity index (χ4n) is 2.44. The van der Waals surface area contributed by atoms with Gasteiger partial charge in [-0.15, -0.1) is 0 Å². The van der Waals surface area contributed by atoms with Gasteiger partial charge in [-0.05, 0) is 55.0 Å². The predicted octanol–water partition coefficient (Wildman–Crippen LogP) is 2.05. The van der Waals surface area contributed by atoms with E-state index in [2.05, 4.69) is 10.3 Å². The van der Waals surface area contributed by atoms with E-state index >= 15 is 0 Å². The first kappa shape index (κ1) is 23.0. The molecule has 2 N–H and O–H groups in total. The second kappa shape index (κ2) is 11.0. The first-order chi connectivity index (χ1) is 14.3. The van der Waals surface area contributed by atoms with Crippen LogP contribution in [0.2, 0.25) is 0 Å². The molecule has 2 aromatic carbocycles. The van der Waals surface area contributed by atoms with Gasteiger partial charge < -0.3 is 10.1 Å². The number of aliphatic imine (C=N–C) groups is 1. The number of nitrogens with one attached hydrogen (secondary N) is 1. The Labute approximate surface area is 173 Å². The van der Waals surface area contributed by atoms with Crippen molar-refractivity contribution < 1.29 is 32.1 Å². The number of rotatable bonds is 11. The first-order valence-corrected chi connectivity index (χ1v) is 10.6. The normalized spacial score (nSPS) is 10.7. The SMILES string of the molecule is O=C=Nc1ccc(C(=O)c2ccc(OCCCC(=O)NCCS(=O)(=O)O)cc2)cc1. The van der Waals surface area contributed by atoms with Gasteiger partial charge in [0.15, 0.2) is 5.78 Å². The zero-order valence-corrected chi connectivity index (χ0v) is 16.7. The molecule has 0 aliphatic rings. The molecular formula is C20H20N2O7S. The maximum absolute atomic E-state index is 12.5. The number of isocyanates is 1. The Morgan fingerprint density at radius 3 is 2.20 bits per heavy atom. The summed E-state index contributed by atoms with van der Waals surface area (Å²) in [5.74, 6) is -0.524. The van der Waals surface area contributed by atoms with Crippen LogP contribution >= 0.6 is 0 Å². The highest BCUT2D eigenvalue weighted by atomic mass is 32.2. The summed E-state index contributed by atoms with van der Waals surface area (Å²) in [7, 11) is -4.09. The maximum atomic E-state index is 12.5. The van der Waals surface area contributed by atoms with Crippen molar-refractivity contribution in [2.45, 2.75) is 12.8 Å². The zero-order chi connectivity index (χ0) is 22.0. The lowest BCUT2D eigenvalue weighted by Gasteiger charge is -2.08. The third kappa shape index (κ3) is 7.96. The average molecular weight is 432 g/mol. The number of hydrogen-bond donors (Lipinski definition) is 2. The molecule has 1 amide bonds. The number of hydrogen-bond acceptors (Lipinski definition) is 7. The quantitative estimate of drug-likeness (QED) is 0.182. The summed E-state index contributed by atoms with van der Waals surface area (Å²) in [6.07, 6.45) is 1.99. The van der Waals surface area contributed by atoms with Crippen LogP contribution in [-0.2, 0) is 19.7 Å². The molecule has 0 radical (unpaired) electrons. The molecular weight excluding hydrogens is 412 g/mol. The van der Waals surface area contributed by atoms with Crippen molar-refractivity contribution in [3.05, 3.63) is 59.7 Å². The Balaban J connectivity index is 1.77. The van der Waals surface area contributed by atoms with E-state index in [1.54, 1.807) is 48.5 Å². The number of nitrogens with zero attached hydrogens (tertiary/aromatic N) is 1. The molecule has 158 valence electrons. The van der Waals surface area contributed by atoms with Gasteiger partial charge in [-0.25, -0.2) is 4.79 Å². The van der Waals surface area contributed by atoms with Crippen LogP contribution in [0.3, 0.4) is 0 Å². The molecule has 0 heterocycles. The number of benzene rings is 2. The van der Waals surface area contributed by atoms with Crippen LogP contribution in [0.1, 0.15) is 28.8 Å². The van der Waals surface area contributed by atoms with E-state index in [1.165, 1.54) is 6.08 Å². The Bertz CT molecular complexity index is 1030. The van der Waals surface area contributed by atoms with Crippen LogP contribution in [-0.4, -0.2) is 49.6 Å². The number of ether oxygens (including phenoxy) is 1. The monoisotopic (exact) mass is 432 g/mol. The number of carbonyl (C=O) groups is 2. The molecule has 0 spiro atoms. The van der Waals surface area contributed by atoms with E-state index in [0.717, 1.165) is 0 Å². The highest BCUT2D eigenvalue weighted by molar-refractivity contribution is 7.85. The van der Waals surface area contributed by atoms with Crippen LogP contribution in [0.5, 0.6) is 5.75 Å². The summed E-state index contributed by atoms with van der Waals surface area (Å²) in [5.41, 5.74) is 1.33. The molecule has 0 aromatic heterocycles. The zero-order valence-electron chi connectivity index (χ0n) is 15.9. The van der Waals surface area contributed by atoms with Crippen LogP contribution in [0.4, 0.5) is 5.69 Å². The number of ketones is 1. The minimum Gasteiger partial charge on any atom is -0.494 e. The van der Waals surface area contributed by atoms with Crippen molar-refractivity contribution in [3.63, 3.8) is 0 Å². The van der Waals surface area contributed by atoms with Crippen molar-refractivity contribution in [3.8, 4) is 5.75 Å². The summed E-state index contributed by atoms with van der Waals surface area (Å²) in [4.78, 5) is 37.7. The van der Waals surface area contributed by atoms with Crippen LogP contribution in [0.15, 0.2) is 53.5 Å². The molecule has 9 nitrogen and oxygen atoms in total. The van der Waals surface area contributed by atoms with E-state index in [9.17, 15) is 22.8 Å². The predicted molar refractivity (Wildman–Crippen MR) is 108 cm³/mol. The summed E-state index contributed by atoms with van der Waals surface area (Å²) in [6.45, 7) is 0.110. The highest BCUT2D eigenvalue weighted by Crippen LogP contribution is 2.18. The molecule has 0 saturated carbocycles. The molecule has 0 aliphatic heterocycles. The van der Waals surface area contributed by atoms with E-state index < -0.39 is 15.9 Å². The molecule has 10 heteroatoms. The second-order valence-electron chi connectivity index (χ2n) is 6.19. The van der Waals surface area contributed by atoms with Gasteiger partial charge >= 0.3 is 0 Å². The summed E-state index contributed by atoms with van der Waals surface area (Å²) >= 11 is 0. The maximum Gasteiger partial charge on any atom is 0.266 e. The van der Waals surface area contributed by atoms with E-state index in [4.69, 9.17) is 9.29 Å². The molecule has 0 fully saturated rings. The standard InChI is InChI=1S/C20H20N2O7S/c23-14-22-17-7-3-15(4-8-17)20(25)16-5-9-18(10-6-16)29-12-1-2-19(24)21-11-13-30(26,27)28/h3-10H,1-2,11-13H2,(H,21,24)(H,26,27,28). The van der Waals surface area contributed by atoms with Gasteiger partial charge in [-0.3, -0.25) is 14.1 Å². The fourth-order valence-corrected chi connectivity index (χ4v) is 2.80. The van der Waals surface area contributed by atoms with Crippen LogP contribution in [0, 0.1) is 0 Å². The molecule has 2 rings (SSSR count). The summed E-state index contributed by atoms with van der Waals surface area (Å²) < 4.78 is 35.2. The van der Waals surface area contributed by atoms with Crippen molar-refractivity contribution >= 4 is 33.6 Å². The van der Waals surface area contributed by atoms with E-state index in [1.807, 2.05) is 0 Å². The summed E-state index contributed by atoms with van der Waals surface area (Å²) in [6, 6.07) is 12.8. The number of amides is 1. The largest absolute Gasteiger partial charge is 0.494 e. The van der Waals surface area contributed by atoms with Gasteiger partial charge in [-0.2, -0.15) is 13.4 Å². The highest BCUT2D eigenvalue weighted by Gasteiger charge is 2.10. The Kier molecular flexibility index (Phi) is 8.42. The van der Waals surface area contributed by atoms with E-state index in [0.29, 0.717) is 29.0 Å². The van der Waals surface area contributed by atoms with Crippen LogP contribution in [0.25, 0.3) is 0 Å². The minimum absolute atomic E-state index is 0.145.